The normalized spacial score (nSPS) is 15.7. The molecule has 4 rings (SSSR count). The van der Waals surface area contributed by atoms with Gasteiger partial charge in [0, 0.05) is 26.2 Å². The van der Waals surface area contributed by atoms with Gasteiger partial charge in [0.2, 0.25) is 5.91 Å². The van der Waals surface area contributed by atoms with Crippen LogP contribution in [0, 0.1) is 4.84 Å². The number of halogens is 3. The lowest BCUT2D eigenvalue weighted by Crippen LogP contribution is -2.49. The third-order valence-corrected chi connectivity index (χ3v) is 6.16. The Morgan fingerprint density at radius 1 is 1.12 bits per heavy atom. The molecule has 3 heterocycles. The molecular formula is C20H20F3N5O2S2. The Hall–Kier alpha value is -2.54. The summed E-state index contributed by atoms with van der Waals surface area (Å²) in [6, 6.07) is 8.78. The van der Waals surface area contributed by atoms with Gasteiger partial charge in [0.05, 0.1) is 29.3 Å². The Morgan fingerprint density at radius 2 is 1.84 bits per heavy atom. The van der Waals surface area contributed by atoms with Gasteiger partial charge in [-0.15, -0.1) is 16.4 Å². The van der Waals surface area contributed by atoms with E-state index in [0.717, 1.165) is 10.9 Å². The molecule has 32 heavy (non-hydrogen) atoms. The molecule has 0 aliphatic carbocycles. The summed E-state index contributed by atoms with van der Waals surface area (Å²) in [6.07, 6.45) is -4.53. The largest absolute Gasteiger partial charge is 0.418 e. The predicted molar refractivity (Wildman–Crippen MR) is 117 cm³/mol. The van der Waals surface area contributed by atoms with E-state index in [9.17, 15) is 18.0 Å². The number of thiophene rings is 1. The van der Waals surface area contributed by atoms with Gasteiger partial charge in [-0.2, -0.15) is 13.2 Å². The second-order valence-electron chi connectivity index (χ2n) is 7.28. The summed E-state index contributed by atoms with van der Waals surface area (Å²) in [6.45, 7) is 3.00. The maximum Gasteiger partial charge on any atom is 0.418 e. The summed E-state index contributed by atoms with van der Waals surface area (Å²) in [5, 5.41) is 8.75. The molecule has 3 aromatic rings. The van der Waals surface area contributed by atoms with E-state index < -0.39 is 17.6 Å². The first-order valence-electron chi connectivity index (χ1n) is 9.82. The van der Waals surface area contributed by atoms with Crippen LogP contribution in [-0.4, -0.2) is 58.2 Å². The number of hydrogen-bond donors (Lipinski definition) is 1. The monoisotopic (exact) mass is 483 g/mol. The van der Waals surface area contributed by atoms with Crippen LogP contribution in [0.1, 0.15) is 5.56 Å². The van der Waals surface area contributed by atoms with E-state index in [1.807, 2.05) is 22.4 Å². The number of piperazine rings is 1. The van der Waals surface area contributed by atoms with E-state index in [2.05, 4.69) is 15.3 Å². The number of aromatic nitrogens is 2. The molecule has 1 amide bonds. The van der Waals surface area contributed by atoms with E-state index in [4.69, 9.17) is 16.6 Å². The van der Waals surface area contributed by atoms with Crippen molar-refractivity contribution in [2.75, 3.05) is 38.0 Å². The number of carbonyl (C=O) groups is 1. The molecule has 1 saturated heterocycles. The van der Waals surface area contributed by atoms with Crippen LogP contribution in [-0.2, 0) is 17.6 Å². The van der Waals surface area contributed by atoms with Crippen LogP contribution in [0.2, 0.25) is 0 Å². The molecule has 0 unspecified atom stereocenters. The number of amides is 1. The summed E-state index contributed by atoms with van der Waals surface area (Å²) in [5.74, 6) is 0.00825. The third-order valence-electron chi connectivity index (χ3n) is 5.01. The number of rotatable bonds is 6. The van der Waals surface area contributed by atoms with Crippen molar-refractivity contribution < 1.29 is 22.4 Å². The van der Waals surface area contributed by atoms with Crippen molar-refractivity contribution in [3.8, 4) is 10.8 Å². The van der Waals surface area contributed by atoms with Gasteiger partial charge in [0.15, 0.2) is 0 Å². The maximum atomic E-state index is 13.1. The van der Waals surface area contributed by atoms with Crippen LogP contribution in [0.5, 0.6) is 0 Å². The van der Waals surface area contributed by atoms with Crippen molar-refractivity contribution >= 4 is 35.1 Å². The smallest absolute Gasteiger partial charge is 0.408 e. The molecule has 12 heteroatoms. The molecule has 0 spiro atoms. The average molecular weight is 484 g/mol. The van der Waals surface area contributed by atoms with Gasteiger partial charge in [-0.1, -0.05) is 18.2 Å². The van der Waals surface area contributed by atoms with Gasteiger partial charge in [0.25, 0.3) is 10.7 Å². The molecule has 1 aliphatic rings. The quantitative estimate of drug-likeness (QED) is 0.531. The minimum atomic E-state index is -4.53. The van der Waals surface area contributed by atoms with E-state index in [-0.39, 0.29) is 12.2 Å². The van der Waals surface area contributed by atoms with Crippen LogP contribution in [0.4, 0.5) is 18.9 Å². The van der Waals surface area contributed by atoms with E-state index in [1.54, 1.807) is 4.68 Å². The highest BCUT2D eigenvalue weighted by Gasteiger charge is 2.33. The second kappa shape index (κ2) is 9.53. The molecule has 0 saturated carbocycles. The lowest BCUT2D eigenvalue weighted by Gasteiger charge is -2.33. The number of alkyl halides is 3. The lowest BCUT2D eigenvalue weighted by molar-refractivity contribution is -0.137. The molecule has 1 aliphatic heterocycles. The van der Waals surface area contributed by atoms with Gasteiger partial charge in [0.1, 0.15) is 0 Å². The van der Waals surface area contributed by atoms with Crippen LogP contribution in [0.25, 0.3) is 10.8 Å². The number of para-hydroxylation sites is 1. The SMILES string of the molecule is O=C(CN1CCN(Cn2nc(-c3cccs3)oc2=S)CC1)Nc1ccccc1C(F)(F)F. The zero-order valence-corrected chi connectivity index (χ0v) is 18.5. The van der Waals surface area contributed by atoms with Gasteiger partial charge < -0.3 is 9.73 Å². The Labute approximate surface area is 191 Å². The zero-order chi connectivity index (χ0) is 22.7. The molecule has 170 valence electrons. The van der Waals surface area contributed by atoms with E-state index >= 15 is 0 Å². The number of nitrogens with zero attached hydrogens (tertiary/aromatic N) is 4. The number of nitrogens with one attached hydrogen (secondary N) is 1. The Kier molecular flexibility index (Phi) is 6.74. The fourth-order valence-corrected chi connectivity index (χ4v) is 4.23. The van der Waals surface area contributed by atoms with Gasteiger partial charge >= 0.3 is 6.18 Å². The van der Waals surface area contributed by atoms with Crippen molar-refractivity contribution in [2.24, 2.45) is 0 Å². The summed E-state index contributed by atoms with van der Waals surface area (Å²) >= 11 is 6.78. The molecule has 0 radical (unpaired) electrons. The first kappa shape index (κ1) is 22.6. The fraction of sp³-hybridized carbons (Fsp3) is 0.350. The van der Waals surface area contributed by atoms with Crippen LogP contribution in [0.3, 0.4) is 0 Å². The molecule has 0 atom stereocenters. The van der Waals surface area contributed by atoms with Gasteiger partial charge in [-0.25, -0.2) is 4.68 Å². The molecular weight excluding hydrogens is 463 g/mol. The number of hydrogen-bond acceptors (Lipinski definition) is 7. The predicted octanol–water partition coefficient (Wildman–Crippen LogP) is 4.17. The maximum absolute atomic E-state index is 13.1. The Balaban J connectivity index is 1.29. The van der Waals surface area contributed by atoms with Crippen molar-refractivity contribution in [2.45, 2.75) is 12.8 Å². The molecule has 1 aromatic carbocycles. The number of anilines is 1. The highest BCUT2D eigenvalue weighted by Crippen LogP contribution is 2.34. The van der Waals surface area contributed by atoms with Gasteiger partial charge in [-0.05, 0) is 35.8 Å². The Morgan fingerprint density at radius 3 is 2.53 bits per heavy atom. The highest BCUT2D eigenvalue weighted by molar-refractivity contribution is 7.71. The molecule has 7 nitrogen and oxygen atoms in total. The highest BCUT2D eigenvalue weighted by atomic mass is 32.1. The van der Waals surface area contributed by atoms with E-state index in [0.29, 0.717) is 43.6 Å². The zero-order valence-electron chi connectivity index (χ0n) is 16.8. The second-order valence-corrected chi connectivity index (χ2v) is 8.57. The topological polar surface area (TPSA) is 66.5 Å². The minimum absolute atomic E-state index is 0.0198. The van der Waals surface area contributed by atoms with Crippen molar-refractivity contribution in [1.82, 2.24) is 19.6 Å². The lowest BCUT2D eigenvalue weighted by atomic mass is 10.1. The summed E-state index contributed by atoms with van der Waals surface area (Å²) in [4.78, 5) is 17.5. The van der Waals surface area contributed by atoms with E-state index in [1.165, 1.54) is 29.5 Å². The summed E-state index contributed by atoms with van der Waals surface area (Å²) in [5.41, 5.74) is -1.09. The first-order chi connectivity index (χ1) is 15.3. The first-order valence-corrected chi connectivity index (χ1v) is 11.1. The molecule has 1 fully saturated rings. The summed E-state index contributed by atoms with van der Waals surface area (Å²) < 4.78 is 46.5. The molecule has 0 bridgehead atoms. The average Bonchev–Trinajstić information content (AvgIpc) is 3.39. The third kappa shape index (κ3) is 5.44. The van der Waals surface area contributed by atoms with Crippen LogP contribution < -0.4 is 5.32 Å². The number of carbonyl (C=O) groups excluding carboxylic acids is 1. The van der Waals surface area contributed by atoms with Crippen molar-refractivity contribution in [3.05, 3.63) is 52.2 Å². The van der Waals surface area contributed by atoms with Crippen LogP contribution >= 0.6 is 23.6 Å². The fourth-order valence-electron chi connectivity index (χ4n) is 3.41. The van der Waals surface area contributed by atoms with Crippen molar-refractivity contribution in [3.63, 3.8) is 0 Å². The molecule has 1 N–H and O–H groups in total. The summed E-state index contributed by atoms with van der Waals surface area (Å²) in [7, 11) is 0. The van der Waals surface area contributed by atoms with Crippen molar-refractivity contribution in [1.29, 1.82) is 0 Å². The minimum Gasteiger partial charge on any atom is -0.408 e. The molecule has 2 aromatic heterocycles. The Bertz CT molecular complexity index is 1120. The van der Waals surface area contributed by atoms with Gasteiger partial charge in [-0.3, -0.25) is 14.6 Å². The standard InChI is InChI=1S/C20H20F3N5O2S2/c21-20(22,23)14-4-1-2-5-15(14)24-17(29)12-26-7-9-27(10-8-26)13-28-19(31)30-18(25-28)16-6-3-11-32-16/h1-6,11H,7-10,12-13H2,(H,24,29). The number of benzene rings is 1. The van der Waals surface area contributed by atoms with Crippen LogP contribution in [0.15, 0.2) is 46.2 Å².